The van der Waals surface area contributed by atoms with E-state index in [-0.39, 0.29) is 0 Å². The van der Waals surface area contributed by atoms with Crippen molar-refractivity contribution in [1.82, 2.24) is 0 Å². The summed E-state index contributed by atoms with van der Waals surface area (Å²) in [5, 5.41) is 0. The fraction of sp³-hybridized carbons (Fsp3) is 0.250. The second-order valence-corrected chi connectivity index (χ2v) is 2.98. The molecular formula is C12H12NO-. The van der Waals surface area contributed by atoms with E-state index in [0.29, 0.717) is 13.2 Å². The zero-order valence-corrected chi connectivity index (χ0v) is 8.16. The summed E-state index contributed by atoms with van der Waals surface area (Å²) in [6, 6.07) is 9.95. The Kier molecular flexibility index (Phi) is 4.46. The summed E-state index contributed by atoms with van der Waals surface area (Å²) in [6.45, 7) is 9.46. The number of hydrogen-bond donors (Lipinski definition) is 0. The lowest BCUT2D eigenvalue weighted by Crippen LogP contribution is -1.96. The summed E-state index contributed by atoms with van der Waals surface area (Å²) in [5.74, 6) is 0. The molecule has 1 rings (SSSR count). The maximum absolute atomic E-state index is 6.57. The van der Waals surface area contributed by atoms with Gasteiger partial charge in [-0.3, -0.25) is 6.57 Å². The van der Waals surface area contributed by atoms with Gasteiger partial charge in [-0.05, 0) is 5.56 Å². The van der Waals surface area contributed by atoms with Gasteiger partial charge in [0.2, 0.25) is 0 Å². The predicted molar refractivity (Wildman–Crippen MR) is 55.1 cm³/mol. The molecule has 0 saturated carbocycles. The molecule has 0 aromatic heterocycles. The third kappa shape index (κ3) is 3.88. The summed E-state index contributed by atoms with van der Waals surface area (Å²) < 4.78 is 5.39. The molecule has 0 bridgehead atoms. The van der Waals surface area contributed by atoms with Gasteiger partial charge in [-0.15, -0.1) is 0 Å². The molecule has 72 valence electrons. The van der Waals surface area contributed by atoms with E-state index in [1.165, 1.54) is 0 Å². The first-order chi connectivity index (χ1) is 6.83. The van der Waals surface area contributed by atoms with Crippen molar-refractivity contribution in [3.05, 3.63) is 59.1 Å². The lowest BCUT2D eigenvalue weighted by molar-refractivity contribution is 0.142. The first-order valence-corrected chi connectivity index (χ1v) is 4.39. The topological polar surface area (TPSA) is 13.6 Å². The van der Waals surface area contributed by atoms with E-state index >= 15 is 0 Å². The van der Waals surface area contributed by atoms with Crippen molar-refractivity contribution in [2.75, 3.05) is 6.61 Å². The van der Waals surface area contributed by atoms with E-state index in [4.69, 9.17) is 11.3 Å². The quantitative estimate of drug-likeness (QED) is 0.659. The Morgan fingerprint density at radius 3 is 2.79 bits per heavy atom. The minimum atomic E-state index is 0.470. The Morgan fingerprint density at radius 2 is 2.14 bits per heavy atom. The summed E-state index contributed by atoms with van der Waals surface area (Å²) >= 11 is 0. The average Bonchev–Trinajstić information content (AvgIpc) is 2.20. The summed E-state index contributed by atoms with van der Waals surface area (Å²) in [7, 11) is 0. The minimum absolute atomic E-state index is 0.470. The third-order valence-electron chi connectivity index (χ3n) is 1.68. The maximum Gasteiger partial charge on any atom is 0.0719 e. The molecule has 0 spiro atoms. The van der Waals surface area contributed by atoms with Crippen molar-refractivity contribution < 1.29 is 4.74 Å². The van der Waals surface area contributed by atoms with E-state index in [2.05, 4.69) is 11.0 Å². The first-order valence-electron chi connectivity index (χ1n) is 4.39. The van der Waals surface area contributed by atoms with Crippen LogP contribution >= 0.6 is 0 Å². The van der Waals surface area contributed by atoms with Gasteiger partial charge in [-0.2, -0.15) is 5.57 Å². The highest BCUT2D eigenvalue weighted by Crippen LogP contribution is 2.02. The highest BCUT2D eigenvalue weighted by molar-refractivity contribution is 5.13. The standard InChI is InChI=1S/C12H12NO/c1-11(8-13-2)9-14-10-12-6-4-3-5-7-12/h3-7H,9-10H2,1H3/q-1. The highest BCUT2D eigenvalue weighted by Gasteiger charge is 1.90. The largest absolute Gasteiger partial charge is 0.478 e. The molecule has 0 heterocycles. The Balaban J connectivity index is 2.30. The highest BCUT2D eigenvalue weighted by atomic mass is 16.5. The third-order valence-corrected chi connectivity index (χ3v) is 1.68. The Hall–Kier alpha value is -1.59. The van der Waals surface area contributed by atoms with Crippen LogP contribution in [-0.2, 0) is 11.3 Å². The monoisotopic (exact) mass is 186 g/mol. The van der Waals surface area contributed by atoms with Crippen molar-refractivity contribution in [2.24, 2.45) is 0 Å². The molecule has 2 nitrogen and oxygen atoms in total. The van der Waals surface area contributed by atoms with Crippen LogP contribution in [0, 0.1) is 12.8 Å². The summed E-state index contributed by atoms with van der Waals surface area (Å²) in [6.07, 6.45) is 2.52. The van der Waals surface area contributed by atoms with Crippen LogP contribution in [0.1, 0.15) is 12.5 Å². The molecule has 14 heavy (non-hydrogen) atoms. The Morgan fingerprint density at radius 1 is 1.43 bits per heavy atom. The van der Waals surface area contributed by atoms with Crippen LogP contribution < -0.4 is 0 Å². The van der Waals surface area contributed by atoms with Gasteiger partial charge < -0.3 is 9.58 Å². The molecule has 0 radical (unpaired) electrons. The van der Waals surface area contributed by atoms with E-state index in [1.807, 2.05) is 37.3 Å². The molecule has 2 heteroatoms. The normalized spacial score (nSPS) is 11.0. The van der Waals surface area contributed by atoms with Crippen molar-refractivity contribution in [3.63, 3.8) is 0 Å². The molecule has 0 aliphatic heterocycles. The molecule has 0 N–H and O–H groups in total. The fourth-order valence-corrected chi connectivity index (χ4v) is 1.02. The molecule has 1 aromatic rings. The molecule has 0 amide bonds. The summed E-state index contributed by atoms with van der Waals surface area (Å²) in [5.41, 5.74) is 1.97. The summed E-state index contributed by atoms with van der Waals surface area (Å²) in [4.78, 5) is 3.04. The lowest BCUT2D eigenvalue weighted by atomic mass is 10.2. The predicted octanol–water partition coefficient (Wildman–Crippen LogP) is 2.83. The minimum Gasteiger partial charge on any atom is -0.478 e. The van der Waals surface area contributed by atoms with Gasteiger partial charge >= 0.3 is 0 Å². The van der Waals surface area contributed by atoms with Gasteiger partial charge in [0.15, 0.2) is 0 Å². The molecular weight excluding hydrogens is 174 g/mol. The van der Waals surface area contributed by atoms with Gasteiger partial charge in [0.25, 0.3) is 0 Å². The van der Waals surface area contributed by atoms with Crippen LogP contribution in [0.25, 0.3) is 4.85 Å². The molecule has 1 aromatic carbocycles. The van der Waals surface area contributed by atoms with Crippen molar-refractivity contribution in [2.45, 2.75) is 13.5 Å². The van der Waals surface area contributed by atoms with Gasteiger partial charge in [-0.25, -0.2) is 0 Å². The van der Waals surface area contributed by atoms with Gasteiger partial charge in [0.1, 0.15) is 0 Å². The second-order valence-electron chi connectivity index (χ2n) is 2.98. The number of rotatable bonds is 4. The van der Waals surface area contributed by atoms with Crippen molar-refractivity contribution in [1.29, 1.82) is 0 Å². The van der Waals surface area contributed by atoms with Crippen LogP contribution in [0.15, 0.2) is 35.9 Å². The number of nitrogens with zero attached hydrogens (tertiary/aromatic N) is 1. The molecule has 0 aliphatic rings. The van der Waals surface area contributed by atoms with Crippen LogP contribution in [0.2, 0.25) is 0 Å². The van der Waals surface area contributed by atoms with Gasteiger partial charge in [-0.1, -0.05) is 43.5 Å². The molecule has 0 aliphatic carbocycles. The smallest absolute Gasteiger partial charge is 0.0719 e. The first kappa shape index (κ1) is 10.5. The van der Waals surface area contributed by atoms with Crippen molar-refractivity contribution in [3.8, 4) is 0 Å². The van der Waals surface area contributed by atoms with E-state index in [9.17, 15) is 0 Å². The fourth-order valence-electron chi connectivity index (χ4n) is 1.02. The van der Waals surface area contributed by atoms with E-state index < -0.39 is 0 Å². The van der Waals surface area contributed by atoms with Gasteiger partial charge in [0, 0.05) is 6.61 Å². The van der Waals surface area contributed by atoms with Gasteiger partial charge in [0.05, 0.1) is 6.61 Å². The molecule has 0 atom stereocenters. The van der Waals surface area contributed by atoms with Crippen LogP contribution in [0.4, 0.5) is 0 Å². The van der Waals surface area contributed by atoms with E-state index in [1.54, 1.807) is 0 Å². The zero-order valence-electron chi connectivity index (χ0n) is 8.16. The Bertz CT molecular complexity index is 335. The zero-order chi connectivity index (χ0) is 10.2. The molecule has 0 unspecified atom stereocenters. The maximum atomic E-state index is 6.57. The Labute approximate surface area is 84.6 Å². The van der Waals surface area contributed by atoms with E-state index in [0.717, 1.165) is 11.1 Å². The SMILES string of the molecule is [C-]#[N+][C-]=C(C)COCc1ccccc1. The van der Waals surface area contributed by atoms with Crippen molar-refractivity contribution >= 4 is 0 Å². The van der Waals surface area contributed by atoms with Crippen LogP contribution in [-0.4, -0.2) is 6.61 Å². The number of ether oxygens (including phenoxy) is 1. The number of benzene rings is 1. The lowest BCUT2D eigenvalue weighted by Gasteiger charge is -2.06. The molecule has 0 fully saturated rings. The number of hydrogen-bond acceptors (Lipinski definition) is 1. The van der Waals surface area contributed by atoms with Crippen LogP contribution in [0.3, 0.4) is 0 Å². The second kappa shape index (κ2) is 5.95. The van der Waals surface area contributed by atoms with Crippen LogP contribution in [0.5, 0.6) is 0 Å². The average molecular weight is 186 g/mol. The molecule has 0 saturated heterocycles.